The van der Waals surface area contributed by atoms with E-state index >= 15 is 0 Å². The van der Waals surface area contributed by atoms with E-state index in [0.29, 0.717) is 15.6 Å². The molecule has 4 rings (SSSR count). The van der Waals surface area contributed by atoms with Gasteiger partial charge in [-0.3, -0.25) is 14.5 Å². The minimum Gasteiger partial charge on any atom is -0.477 e. The standard InChI is InChI=1S/C21H24N8O6S3/c1-4-7-22-19(34)23-13(12-6-5-8-36-12)15(30)24-21(35-3)17(33)29-14(16(31)32)11(9-37-18(21)29)10-38-20-25-26-27-28(20)2/h4-6,8,13,18H,1,7,9-10H2,2-3H3,(H,24,30)(H,31,32)(H2,22,23,34)/t13?,18?,21-/m0/s1. The van der Waals surface area contributed by atoms with Gasteiger partial charge in [0.05, 0.1) is 0 Å². The monoisotopic (exact) mass is 580 g/mol. The minimum absolute atomic E-state index is 0.167. The molecular weight excluding hydrogens is 556 g/mol. The molecule has 2 aliphatic heterocycles. The summed E-state index contributed by atoms with van der Waals surface area (Å²) in [4.78, 5) is 53.0. The van der Waals surface area contributed by atoms with Crippen molar-refractivity contribution in [2.75, 3.05) is 25.2 Å². The van der Waals surface area contributed by atoms with Crippen LogP contribution in [0.1, 0.15) is 10.9 Å². The van der Waals surface area contributed by atoms with E-state index in [-0.39, 0.29) is 23.7 Å². The van der Waals surface area contributed by atoms with Crippen LogP contribution in [0.3, 0.4) is 0 Å². The lowest BCUT2D eigenvalue weighted by molar-refractivity contribution is -0.192. The SMILES string of the molecule is C=CCNC(=O)NC(C(=O)N[C@]1(OC)C(=O)N2C(C(=O)O)=C(CSc3nnnn3C)CSC21)c1cccs1. The van der Waals surface area contributed by atoms with Crippen LogP contribution in [-0.4, -0.2) is 90.3 Å². The number of aliphatic carboxylic acids is 1. The van der Waals surface area contributed by atoms with Crippen molar-refractivity contribution in [2.45, 2.75) is 22.3 Å². The Kier molecular flexibility index (Phi) is 8.39. The summed E-state index contributed by atoms with van der Waals surface area (Å²) in [5.74, 6) is -2.18. The molecule has 0 radical (unpaired) electrons. The van der Waals surface area contributed by atoms with Crippen LogP contribution in [0, 0.1) is 0 Å². The van der Waals surface area contributed by atoms with Gasteiger partial charge in [-0.1, -0.05) is 23.9 Å². The van der Waals surface area contributed by atoms with Gasteiger partial charge in [-0.25, -0.2) is 14.3 Å². The van der Waals surface area contributed by atoms with Crippen LogP contribution in [0.4, 0.5) is 4.79 Å². The van der Waals surface area contributed by atoms with Crippen molar-refractivity contribution in [3.05, 3.63) is 46.3 Å². The molecule has 1 fully saturated rings. The Morgan fingerprint density at radius 3 is 2.84 bits per heavy atom. The third kappa shape index (κ3) is 5.13. The number of hydrogen-bond donors (Lipinski definition) is 4. The summed E-state index contributed by atoms with van der Waals surface area (Å²) in [6.45, 7) is 3.73. The van der Waals surface area contributed by atoms with Crippen molar-refractivity contribution in [1.29, 1.82) is 0 Å². The van der Waals surface area contributed by atoms with Gasteiger partial charge < -0.3 is 25.8 Å². The predicted octanol–water partition coefficient (Wildman–Crippen LogP) is 0.303. The average molecular weight is 581 g/mol. The number of thiophene rings is 1. The molecule has 2 aromatic heterocycles. The zero-order valence-electron chi connectivity index (χ0n) is 20.2. The first-order chi connectivity index (χ1) is 18.2. The number of ether oxygens (including phenoxy) is 1. The van der Waals surface area contributed by atoms with Crippen molar-refractivity contribution in [3.63, 3.8) is 0 Å². The van der Waals surface area contributed by atoms with Crippen molar-refractivity contribution >= 4 is 58.7 Å². The number of fused-ring (bicyclic) bond motifs is 1. The molecule has 17 heteroatoms. The molecule has 4 heterocycles. The molecule has 0 spiro atoms. The third-order valence-electron chi connectivity index (χ3n) is 5.67. The van der Waals surface area contributed by atoms with E-state index in [4.69, 9.17) is 4.74 Å². The molecule has 4 N–H and O–H groups in total. The first-order valence-corrected chi connectivity index (χ1v) is 14.0. The van der Waals surface area contributed by atoms with Crippen LogP contribution >= 0.6 is 34.9 Å². The number of amides is 4. The van der Waals surface area contributed by atoms with Crippen LogP contribution in [0.25, 0.3) is 0 Å². The van der Waals surface area contributed by atoms with Crippen LogP contribution < -0.4 is 16.0 Å². The molecule has 38 heavy (non-hydrogen) atoms. The maximum atomic E-state index is 13.4. The fourth-order valence-electron chi connectivity index (χ4n) is 3.87. The minimum atomic E-state index is -1.82. The molecular formula is C21H24N8O6S3. The van der Waals surface area contributed by atoms with E-state index in [1.165, 1.54) is 52.7 Å². The summed E-state index contributed by atoms with van der Waals surface area (Å²) in [5.41, 5.74) is -1.48. The molecule has 202 valence electrons. The number of β-lactam (4-membered cyclic amide) rings is 1. The average Bonchev–Trinajstić information content (AvgIpc) is 3.58. The quantitative estimate of drug-likeness (QED) is 0.124. The molecule has 0 bridgehead atoms. The summed E-state index contributed by atoms with van der Waals surface area (Å²) in [7, 11) is 2.92. The van der Waals surface area contributed by atoms with Crippen molar-refractivity contribution in [1.82, 2.24) is 41.1 Å². The second-order valence-corrected chi connectivity index (χ2v) is 11.0. The van der Waals surface area contributed by atoms with Crippen molar-refractivity contribution in [2.24, 2.45) is 7.05 Å². The van der Waals surface area contributed by atoms with Gasteiger partial charge in [0, 0.05) is 37.1 Å². The summed E-state index contributed by atoms with van der Waals surface area (Å²) in [6.07, 6.45) is 1.49. The Balaban J connectivity index is 1.55. The lowest BCUT2D eigenvalue weighted by atomic mass is 9.97. The molecule has 3 atom stereocenters. The Morgan fingerprint density at radius 2 is 2.24 bits per heavy atom. The van der Waals surface area contributed by atoms with Gasteiger partial charge in [0.25, 0.3) is 17.5 Å². The molecule has 2 unspecified atom stereocenters. The van der Waals surface area contributed by atoms with Crippen LogP contribution in [0.2, 0.25) is 0 Å². The molecule has 4 amide bonds. The second-order valence-electron chi connectivity index (χ2n) is 7.99. The smallest absolute Gasteiger partial charge is 0.352 e. The molecule has 0 aliphatic carbocycles. The number of hydrogen-bond acceptors (Lipinski definition) is 11. The zero-order valence-corrected chi connectivity index (χ0v) is 22.7. The first kappa shape index (κ1) is 27.6. The maximum absolute atomic E-state index is 13.4. The summed E-state index contributed by atoms with van der Waals surface area (Å²) < 4.78 is 6.99. The van der Waals surface area contributed by atoms with Crippen LogP contribution in [0.15, 0.2) is 46.6 Å². The molecule has 0 aromatic carbocycles. The fraction of sp³-hybridized carbons (Fsp3) is 0.381. The van der Waals surface area contributed by atoms with E-state index in [2.05, 4.69) is 38.1 Å². The number of nitrogens with zero attached hydrogens (tertiary/aromatic N) is 5. The summed E-state index contributed by atoms with van der Waals surface area (Å²) in [6, 6.07) is 1.68. The van der Waals surface area contributed by atoms with Crippen LogP contribution in [0.5, 0.6) is 0 Å². The largest absolute Gasteiger partial charge is 0.477 e. The normalized spacial score (nSPS) is 21.3. The number of carbonyl (C=O) groups is 4. The Labute approximate surface area is 229 Å². The number of methoxy groups -OCH3 is 1. The first-order valence-electron chi connectivity index (χ1n) is 11.0. The summed E-state index contributed by atoms with van der Waals surface area (Å²) in [5, 5.41) is 30.3. The van der Waals surface area contributed by atoms with Gasteiger partial charge in [-0.15, -0.1) is 34.8 Å². The zero-order chi connectivity index (χ0) is 27.4. The number of thioether (sulfide) groups is 2. The molecule has 2 aromatic rings. The van der Waals surface area contributed by atoms with Crippen molar-refractivity contribution in [3.8, 4) is 0 Å². The third-order valence-corrected chi connectivity index (χ3v) is 9.08. The summed E-state index contributed by atoms with van der Waals surface area (Å²) >= 11 is 3.75. The number of aromatic nitrogens is 4. The number of urea groups is 1. The number of rotatable bonds is 11. The van der Waals surface area contributed by atoms with Crippen molar-refractivity contribution < 1.29 is 29.0 Å². The van der Waals surface area contributed by atoms with Gasteiger partial charge in [-0.05, 0) is 27.4 Å². The highest BCUT2D eigenvalue weighted by Crippen LogP contribution is 2.47. The van der Waals surface area contributed by atoms with Gasteiger partial charge in [-0.2, -0.15) is 0 Å². The number of aryl methyl sites for hydroxylation is 1. The Bertz CT molecular complexity index is 1280. The number of nitrogens with one attached hydrogen (secondary N) is 3. The highest BCUT2D eigenvalue weighted by atomic mass is 32.2. The Hall–Kier alpha value is -3.41. The highest BCUT2D eigenvalue weighted by Gasteiger charge is 2.67. The fourth-order valence-corrected chi connectivity index (χ4v) is 7.07. The van der Waals surface area contributed by atoms with Gasteiger partial charge in [0.2, 0.25) is 5.16 Å². The second kappa shape index (κ2) is 11.5. The van der Waals surface area contributed by atoms with Gasteiger partial charge >= 0.3 is 12.0 Å². The van der Waals surface area contributed by atoms with E-state index in [1.807, 2.05) is 0 Å². The Morgan fingerprint density at radius 1 is 1.45 bits per heavy atom. The number of tetrazole rings is 1. The molecule has 2 aliphatic rings. The lowest BCUT2D eigenvalue weighted by Gasteiger charge is -2.56. The molecule has 14 nitrogen and oxygen atoms in total. The lowest BCUT2D eigenvalue weighted by Crippen LogP contribution is -2.81. The van der Waals surface area contributed by atoms with Crippen LogP contribution in [-0.2, 0) is 26.2 Å². The number of carboxylic acids is 1. The topological polar surface area (TPSA) is 181 Å². The molecule has 0 saturated carbocycles. The van der Waals surface area contributed by atoms with Gasteiger partial charge in [0.15, 0.2) is 0 Å². The maximum Gasteiger partial charge on any atom is 0.352 e. The van der Waals surface area contributed by atoms with E-state index in [0.717, 1.165) is 4.90 Å². The highest BCUT2D eigenvalue weighted by molar-refractivity contribution is 8.01. The van der Waals surface area contributed by atoms with E-state index in [9.17, 15) is 24.3 Å². The predicted molar refractivity (Wildman–Crippen MR) is 139 cm³/mol. The number of carbonyl (C=O) groups excluding carboxylic acids is 3. The van der Waals surface area contributed by atoms with E-state index in [1.54, 1.807) is 24.6 Å². The van der Waals surface area contributed by atoms with Gasteiger partial charge in [0.1, 0.15) is 17.1 Å². The van der Waals surface area contributed by atoms with E-state index < -0.39 is 41.0 Å². The molecule has 1 saturated heterocycles. The number of carboxylic acid groups (broad SMARTS) is 1.